The Balaban J connectivity index is 2.47. The van der Waals surface area contributed by atoms with Gasteiger partial charge in [0.1, 0.15) is 5.69 Å². The number of nitrogens with zero attached hydrogens (tertiary/aromatic N) is 2. The van der Waals surface area contributed by atoms with Gasteiger partial charge >= 0.3 is 0 Å². The van der Waals surface area contributed by atoms with E-state index in [9.17, 15) is 0 Å². The molecule has 1 aromatic carbocycles. The van der Waals surface area contributed by atoms with Crippen molar-refractivity contribution < 1.29 is 4.52 Å². The summed E-state index contributed by atoms with van der Waals surface area (Å²) in [6.45, 7) is 4.15. The molecule has 3 heteroatoms. The zero-order chi connectivity index (χ0) is 9.97. The van der Waals surface area contributed by atoms with E-state index in [0.29, 0.717) is 5.92 Å². The van der Waals surface area contributed by atoms with E-state index in [1.807, 2.05) is 30.3 Å². The number of rotatable bonds is 2. The molecule has 0 unspecified atom stereocenters. The zero-order valence-electron chi connectivity index (χ0n) is 8.27. The highest BCUT2D eigenvalue weighted by Gasteiger charge is 2.14. The molecule has 2 rings (SSSR count). The van der Waals surface area contributed by atoms with Crippen LogP contribution in [0.1, 0.15) is 25.5 Å². The van der Waals surface area contributed by atoms with Crippen molar-refractivity contribution in [3.8, 4) is 11.3 Å². The molecule has 0 bridgehead atoms. The van der Waals surface area contributed by atoms with E-state index in [1.54, 1.807) is 0 Å². The largest absolute Gasteiger partial charge is 0.337 e. The molecule has 0 fully saturated rings. The van der Waals surface area contributed by atoms with Gasteiger partial charge in [-0.15, -0.1) is 5.10 Å². The Morgan fingerprint density at radius 3 is 2.50 bits per heavy atom. The zero-order valence-corrected chi connectivity index (χ0v) is 8.27. The van der Waals surface area contributed by atoms with Crippen LogP contribution in [0.15, 0.2) is 34.9 Å². The van der Waals surface area contributed by atoms with Crippen LogP contribution in [-0.2, 0) is 0 Å². The van der Waals surface area contributed by atoms with Crippen LogP contribution in [0.25, 0.3) is 11.3 Å². The van der Waals surface area contributed by atoms with E-state index < -0.39 is 0 Å². The molecule has 0 aliphatic heterocycles. The number of hydrogen-bond acceptors (Lipinski definition) is 3. The van der Waals surface area contributed by atoms with Crippen LogP contribution >= 0.6 is 0 Å². The Hall–Kier alpha value is -1.64. The van der Waals surface area contributed by atoms with Gasteiger partial charge in [-0.3, -0.25) is 0 Å². The molecular weight excluding hydrogens is 176 g/mol. The first-order valence-corrected chi connectivity index (χ1v) is 4.66. The van der Waals surface area contributed by atoms with Gasteiger partial charge in [-0.1, -0.05) is 44.2 Å². The summed E-state index contributed by atoms with van der Waals surface area (Å²) in [5.41, 5.74) is 1.94. The first kappa shape index (κ1) is 8.94. The molecule has 3 nitrogen and oxygen atoms in total. The summed E-state index contributed by atoms with van der Waals surface area (Å²) in [7, 11) is 0. The van der Waals surface area contributed by atoms with Crippen molar-refractivity contribution in [3.05, 3.63) is 36.0 Å². The predicted octanol–water partition coefficient (Wildman–Crippen LogP) is 2.86. The minimum Gasteiger partial charge on any atom is -0.337 e. The van der Waals surface area contributed by atoms with Crippen LogP contribution in [-0.4, -0.2) is 10.4 Å². The van der Waals surface area contributed by atoms with Crippen molar-refractivity contribution in [3.63, 3.8) is 0 Å². The van der Waals surface area contributed by atoms with Crippen molar-refractivity contribution in [1.29, 1.82) is 0 Å². The summed E-state index contributed by atoms with van der Waals surface area (Å²) in [5, 5.41) is 7.57. The third-order valence-corrected chi connectivity index (χ3v) is 2.10. The van der Waals surface area contributed by atoms with Gasteiger partial charge in [-0.05, 0) is 0 Å². The molecule has 0 saturated heterocycles. The molecule has 0 aliphatic carbocycles. The third kappa shape index (κ3) is 1.53. The van der Waals surface area contributed by atoms with Crippen molar-refractivity contribution in [1.82, 2.24) is 10.4 Å². The summed E-state index contributed by atoms with van der Waals surface area (Å²) in [4.78, 5) is 0. The molecule has 14 heavy (non-hydrogen) atoms. The van der Waals surface area contributed by atoms with Crippen LogP contribution < -0.4 is 0 Å². The van der Waals surface area contributed by atoms with Gasteiger partial charge in [-0.2, -0.15) is 0 Å². The minimum absolute atomic E-state index is 0.330. The summed E-state index contributed by atoms with van der Waals surface area (Å²) in [5.74, 6) is 1.11. The van der Waals surface area contributed by atoms with Crippen molar-refractivity contribution in [2.45, 2.75) is 19.8 Å². The molecule has 0 saturated carbocycles. The molecule has 2 aromatic rings. The maximum Gasteiger partial charge on any atom is 0.190 e. The quantitative estimate of drug-likeness (QED) is 0.727. The second-order valence-electron chi connectivity index (χ2n) is 3.51. The molecule has 72 valence electrons. The molecule has 0 spiro atoms. The van der Waals surface area contributed by atoms with Crippen LogP contribution in [0.4, 0.5) is 0 Å². The maximum atomic E-state index is 5.15. The van der Waals surface area contributed by atoms with E-state index >= 15 is 0 Å². The van der Waals surface area contributed by atoms with E-state index in [-0.39, 0.29) is 0 Å². The average molecular weight is 188 g/mol. The first-order valence-electron chi connectivity index (χ1n) is 4.66. The molecule has 0 aliphatic rings. The highest BCUT2D eigenvalue weighted by atomic mass is 16.5. The van der Waals surface area contributed by atoms with Gasteiger partial charge in [0.15, 0.2) is 5.76 Å². The fraction of sp³-hybridized carbons (Fsp3) is 0.273. The third-order valence-electron chi connectivity index (χ3n) is 2.10. The van der Waals surface area contributed by atoms with Crippen molar-refractivity contribution in [2.24, 2.45) is 0 Å². The first-order chi connectivity index (χ1) is 6.79. The fourth-order valence-corrected chi connectivity index (χ4v) is 1.37. The number of benzene rings is 1. The van der Waals surface area contributed by atoms with Crippen LogP contribution in [0.5, 0.6) is 0 Å². The lowest BCUT2D eigenvalue weighted by Crippen LogP contribution is -1.90. The Morgan fingerprint density at radius 1 is 1.14 bits per heavy atom. The summed E-state index contributed by atoms with van der Waals surface area (Å²) in [6, 6.07) is 9.91. The van der Waals surface area contributed by atoms with Gasteiger partial charge in [-0.25, -0.2) is 0 Å². The average Bonchev–Trinajstić information content (AvgIpc) is 2.67. The fourth-order valence-electron chi connectivity index (χ4n) is 1.37. The van der Waals surface area contributed by atoms with Gasteiger partial charge in [0.25, 0.3) is 0 Å². The highest BCUT2D eigenvalue weighted by Crippen LogP contribution is 2.26. The maximum absolute atomic E-state index is 5.15. The summed E-state index contributed by atoms with van der Waals surface area (Å²) < 4.78 is 5.15. The second-order valence-corrected chi connectivity index (χ2v) is 3.51. The van der Waals surface area contributed by atoms with Crippen LogP contribution in [0.2, 0.25) is 0 Å². The van der Waals surface area contributed by atoms with E-state index in [0.717, 1.165) is 17.0 Å². The number of hydrogen-bond donors (Lipinski definition) is 0. The number of aromatic nitrogens is 2. The van der Waals surface area contributed by atoms with Gasteiger partial charge in [0.2, 0.25) is 0 Å². The molecular formula is C11H12N2O. The monoisotopic (exact) mass is 188 g/mol. The standard InChI is InChI=1S/C11H12N2O/c1-8(2)10-11(14-13-12-10)9-6-4-3-5-7-9/h3-8H,1-2H3. The molecule has 0 radical (unpaired) electrons. The predicted molar refractivity (Wildman–Crippen MR) is 53.8 cm³/mol. The normalized spacial score (nSPS) is 10.8. The SMILES string of the molecule is CC(C)c1nnoc1-c1ccccc1. The molecule has 1 aromatic heterocycles. The van der Waals surface area contributed by atoms with E-state index in [1.165, 1.54) is 0 Å². The van der Waals surface area contributed by atoms with Crippen LogP contribution in [0.3, 0.4) is 0 Å². The Labute approximate surface area is 82.7 Å². The lowest BCUT2D eigenvalue weighted by molar-refractivity contribution is 0.403. The lowest BCUT2D eigenvalue weighted by Gasteiger charge is -2.01. The van der Waals surface area contributed by atoms with Crippen molar-refractivity contribution in [2.75, 3.05) is 0 Å². The van der Waals surface area contributed by atoms with Gasteiger partial charge in [0, 0.05) is 16.8 Å². The smallest absolute Gasteiger partial charge is 0.190 e. The lowest BCUT2D eigenvalue weighted by atomic mass is 10.0. The van der Waals surface area contributed by atoms with E-state index in [4.69, 9.17) is 4.52 Å². The van der Waals surface area contributed by atoms with E-state index in [2.05, 4.69) is 24.2 Å². The molecule has 0 N–H and O–H groups in total. The Morgan fingerprint density at radius 2 is 1.86 bits per heavy atom. The van der Waals surface area contributed by atoms with Crippen LogP contribution in [0, 0.1) is 0 Å². The minimum atomic E-state index is 0.330. The summed E-state index contributed by atoms with van der Waals surface area (Å²) in [6.07, 6.45) is 0. The van der Waals surface area contributed by atoms with Gasteiger partial charge < -0.3 is 4.52 Å². The summed E-state index contributed by atoms with van der Waals surface area (Å²) >= 11 is 0. The molecule has 0 amide bonds. The topological polar surface area (TPSA) is 38.9 Å². The van der Waals surface area contributed by atoms with Crippen molar-refractivity contribution >= 4 is 0 Å². The van der Waals surface area contributed by atoms with Gasteiger partial charge in [0.05, 0.1) is 0 Å². The Bertz CT molecular complexity index is 406. The molecule has 0 atom stereocenters. The highest BCUT2D eigenvalue weighted by molar-refractivity contribution is 5.59. The second kappa shape index (κ2) is 3.62. The molecule has 1 heterocycles. The Kier molecular flexibility index (Phi) is 2.31.